The maximum absolute atomic E-state index is 15.3. The zero-order valence-corrected chi connectivity index (χ0v) is 20.0. The Hall–Kier alpha value is -3.46. The van der Waals surface area contributed by atoms with Gasteiger partial charge in [0.2, 0.25) is 5.69 Å². The van der Waals surface area contributed by atoms with Gasteiger partial charge >= 0.3 is 0 Å². The Balaban J connectivity index is 1.57. The Bertz CT molecular complexity index is 1540. The van der Waals surface area contributed by atoms with Crippen LogP contribution in [-0.2, 0) is 7.05 Å². The summed E-state index contributed by atoms with van der Waals surface area (Å²) in [5.41, 5.74) is 8.67. The number of hydrogen-bond donors (Lipinski definition) is 0. The molecule has 0 saturated heterocycles. The summed E-state index contributed by atoms with van der Waals surface area (Å²) in [6.45, 7) is 4.19. The van der Waals surface area contributed by atoms with Crippen LogP contribution in [0.3, 0.4) is 0 Å². The number of aromatic nitrogens is 1. The van der Waals surface area contributed by atoms with Crippen molar-refractivity contribution < 1.29 is 13.4 Å². The van der Waals surface area contributed by atoms with Crippen LogP contribution in [0.4, 0.5) is 4.39 Å². The van der Waals surface area contributed by atoms with Crippen molar-refractivity contribution in [1.29, 1.82) is 0 Å². The molecule has 1 saturated carbocycles. The molecule has 3 heteroatoms. The number of furan rings is 1. The van der Waals surface area contributed by atoms with Gasteiger partial charge in [-0.05, 0) is 67.5 Å². The Morgan fingerprint density at radius 3 is 2.18 bits per heavy atom. The van der Waals surface area contributed by atoms with E-state index >= 15 is 4.39 Å². The predicted molar refractivity (Wildman–Crippen MR) is 136 cm³/mol. The third-order valence-electron chi connectivity index (χ3n) is 7.53. The lowest BCUT2D eigenvalue weighted by Gasteiger charge is -2.11. The summed E-state index contributed by atoms with van der Waals surface area (Å²) < 4.78 is 24.0. The first kappa shape index (κ1) is 21.1. The van der Waals surface area contributed by atoms with Gasteiger partial charge in [-0.1, -0.05) is 49.2 Å². The first-order valence-electron chi connectivity index (χ1n) is 12.2. The Morgan fingerprint density at radius 2 is 1.47 bits per heavy atom. The molecule has 1 fully saturated rings. The van der Waals surface area contributed by atoms with Gasteiger partial charge in [-0.2, -0.15) is 0 Å². The molecular formula is C31H29FNO+. The lowest BCUT2D eigenvalue weighted by Crippen LogP contribution is -2.31. The van der Waals surface area contributed by atoms with Gasteiger partial charge in [-0.15, -0.1) is 0 Å². The second-order valence-electron chi connectivity index (χ2n) is 9.84. The molecule has 2 aromatic heterocycles. The maximum Gasteiger partial charge on any atom is 0.216 e. The molecular weight excluding hydrogens is 421 g/mol. The third-order valence-corrected chi connectivity index (χ3v) is 7.53. The monoisotopic (exact) mass is 450 g/mol. The molecule has 0 radical (unpaired) electrons. The highest BCUT2D eigenvalue weighted by atomic mass is 19.1. The largest absolute Gasteiger partial charge is 0.454 e. The van der Waals surface area contributed by atoms with E-state index in [-0.39, 0.29) is 5.82 Å². The topological polar surface area (TPSA) is 17.0 Å². The van der Waals surface area contributed by atoms with Crippen molar-refractivity contribution in [3.8, 4) is 22.4 Å². The van der Waals surface area contributed by atoms with E-state index in [0.29, 0.717) is 17.1 Å². The van der Waals surface area contributed by atoms with Crippen molar-refractivity contribution in [2.24, 2.45) is 7.05 Å². The highest BCUT2D eigenvalue weighted by molar-refractivity contribution is 6.13. The molecule has 2 heterocycles. The minimum Gasteiger partial charge on any atom is -0.454 e. The van der Waals surface area contributed by atoms with Crippen molar-refractivity contribution in [3.05, 3.63) is 89.4 Å². The normalized spacial score (nSPS) is 14.5. The number of nitrogens with zero attached hydrogens (tertiary/aromatic N) is 1. The number of halogens is 1. The van der Waals surface area contributed by atoms with Gasteiger partial charge in [-0.25, -0.2) is 8.96 Å². The molecule has 6 rings (SSSR count). The minimum atomic E-state index is -0.251. The lowest BCUT2D eigenvalue weighted by atomic mass is 9.94. The van der Waals surface area contributed by atoms with Gasteiger partial charge in [0.05, 0.1) is 11.1 Å². The van der Waals surface area contributed by atoms with Gasteiger partial charge in [0.1, 0.15) is 24.0 Å². The molecule has 170 valence electrons. The summed E-state index contributed by atoms with van der Waals surface area (Å²) >= 11 is 0. The van der Waals surface area contributed by atoms with E-state index < -0.39 is 0 Å². The van der Waals surface area contributed by atoms with E-state index in [1.54, 1.807) is 6.07 Å². The van der Waals surface area contributed by atoms with E-state index in [4.69, 9.17) is 4.42 Å². The van der Waals surface area contributed by atoms with Crippen molar-refractivity contribution in [2.75, 3.05) is 0 Å². The number of fused-ring (bicyclic) bond motifs is 3. The molecule has 0 spiro atoms. The molecule has 2 nitrogen and oxygen atoms in total. The van der Waals surface area contributed by atoms with Crippen LogP contribution in [0.1, 0.15) is 48.3 Å². The van der Waals surface area contributed by atoms with Crippen LogP contribution >= 0.6 is 0 Å². The second kappa shape index (κ2) is 8.09. The number of aryl methyl sites for hydroxylation is 3. The van der Waals surface area contributed by atoms with Crippen molar-refractivity contribution >= 4 is 21.9 Å². The summed E-state index contributed by atoms with van der Waals surface area (Å²) in [7, 11) is 2.06. The molecule has 0 unspecified atom stereocenters. The number of hydrogen-bond acceptors (Lipinski definition) is 1. The van der Waals surface area contributed by atoms with Crippen LogP contribution in [-0.4, -0.2) is 0 Å². The smallest absolute Gasteiger partial charge is 0.216 e. The number of pyridine rings is 1. The fraction of sp³-hybridized carbons (Fsp3) is 0.258. The molecule has 0 amide bonds. The maximum atomic E-state index is 15.3. The summed E-state index contributed by atoms with van der Waals surface area (Å²) in [6.07, 6.45) is 7.24. The van der Waals surface area contributed by atoms with E-state index in [0.717, 1.165) is 38.7 Å². The lowest BCUT2D eigenvalue weighted by molar-refractivity contribution is -0.660. The zero-order valence-electron chi connectivity index (χ0n) is 20.0. The SMILES string of the molecule is Cc1ccc(-c2c(C)ccc3c2oc2c(-c4ccc(C5CCCC5)cc4)c(F)ccc23)[n+](C)c1. The number of benzene rings is 3. The van der Waals surface area contributed by atoms with Gasteiger partial charge in [0, 0.05) is 22.4 Å². The van der Waals surface area contributed by atoms with E-state index in [1.165, 1.54) is 36.8 Å². The van der Waals surface area contributed by atoms with Crippen LogP contribution in [0, 0.1) is 19.7 Å². The molecule has 1 aliphatic rings. The fourth-order valence-corrected chi connectivity index (χ4v) is 5.75. The van der Waals surface area contributed by atoms with E-state index in [2.05, 4.69) is 80.2 Å². The van der Waals surface area contributed by atoms with Gasteiger partial charge in [0.15, 0.2) is 6.20 Å². The molecule has 0 aliphatic heterocycles. The Kier molecular flexibility index (Phi) is 5.02. The molecule has 5 aromatic rings. The van der Waals surface area contributed by atoms with Crippen LogP contribution in [0.5, 0.6) is 0 Å². The first-order chi connectivity index (χ1) is 16.5. The van der Waals surface area contributed by atoms with Crippen LogP contribution < -0.4 is 4.57 Å². The Morgan fingerprint density at radius 1 is 0.794 bits per heavy atom. The predicted octanol–water partition coefficient (Wildman–Crippen LogP) is 8.16. The summed E-state index contributed by atoms with van der Waals surface area (Å²) in [4.78, 5) is 0. The van der Waals surface area contributed by atoms with E-state index in [1.807, 2.05) is 6.07 Å². The molecule has 3 aromatic carbocycles. The van der Waals surface area contributed by atoms with Crippen LogP contribution in [0.25, 0.3) is 44.3 Å². The first-order valence-corrected chi connectivity index (χ1v) is 12.2. The molecule has 0 bridgehead atoms. The van der Waals surface area contributed by atoms with E-state index in [9.17, 15) is 0 Å². The summed E-state index contributed by atoms with van der Waals surface area (Å²) in [5.74, 6) is 0.390. The molecule has 34 heavy (non-hydrogen) atoms. The molecule has 0 atom stereocenters. The average Bonchev–Trinajstić information content (AvgIpc) is 3.48. The van der Waals surface area contributed by atoms with Crippen LogP contribution in [0.2, 0.25) is 0 Å². The molecule has 0 N–H and O–H groups in total. The van der Waals surface area contributed by atoms with Gasteiger partial charge in [-0.3, -0.25) is 0 Å². The van der Waals surface area contributed by atoms with Crippen molar-refractivity contribution in [3.63, 3.8) is 0 Å². The van der Waals surface area contributed by atoms with Crippen molar-refractivity contribution in [2.45, 2.75) is 45.4 Å². The fourth-order valence-electron chi connectivity index (χ4n) is 5.75. The highest BCUT2D eigenvalue weighted by Gasteiger charge is 2.23. The standard InChI is InChI=1S/C31H29FNO/c1-19-8-17-27(33(3)18-19)28-20(2)9-14-24-25-15-16-26(32)29(31(25)34-30(24)28)23-12-10-22(11-13-23)21-6-4-5-7-21/h8-18,21H,4-7H2,1-3H3/q+1. The molecule has 1 aliphatic carbocycles. The van der Waals surface area contributed by atoms with Gasteiger partial charge < -0.3 is 4.42 Å². The summed E-state index contributed by atoms with van der Waals surface area (Å²) in [5, 5.41) is 1.96. The van der Waals surface area contributed by atoms with Crippen molar-refractivity contribution in [1.82, 2.24) is 0 Å². The Labute approximate surface area is 199 Å². The zero-order chi connectivity index (χ0) is 23.4. The van der Waals surface area contributed by atoms with Crippen LogP contribution in [0.15, 0.2) is 71.3 Å². The average molecular weight is 451 g/mol. The second-order valence-corrected chi connectivity index (χ2v) is 9.84. The third kappa shape index (κ3) is 3.34. The van der Waals surface area contributed by atoms with Gasteiger partial charge in [0.25, 0.3) is 0 Å². The minimum absolute atomic E-state index is 0.251. The highest BCUT2D eigenvalue weighted by Crippen LogP contribution is 2.42. The number of rotatable bonds is 3. The quantitative estimate of drug-likeness (QED) is 0.253. The summed E-state index contributed by atoms with van der Waals surface area (Å²) in [6, 6.07) is 20.4.